The highest BCUT2D eigenvalue weighted by Gasteiger charge is 2.06. The first-order chi connectivity index (χ1) is 9.47. The number of ether oxygens (including phenoxy) is 1. The van der Waals surface area contributed by atoms with Crippen molar-refractivity contribution in [1.29, 1.82) is 0 Å². The number of hydrogen-bond acceptors (Lipinski definition) is 2. The van der Waals surface area contributed by atoms with Crippen LogP contribution < -0.4 is 4.74 Å². The number of benzene rings is 2. The molecular weight excluding hydrogens is 320 g/mol. The molecule has 0 unspecified atom stereocenters. The van der Waals surface area contributed by atoms with Crippen LogP contribution in [0.5, 0.6) is 5.75 Å². The Balaban J connectivity index is 2.13. The van der Waals surface area contributed by atoms with Crippen LogP contribution in [-0.4, -0.2) is 11.1 Å². The Kier molecular flexibility index (Phi) is 4.45. The van der Waals surface area contributed by atoms with Crippen molar-refractivity contribution in [3.8, 4) is 5.75 Å². The van der Waals surface area contributed by atoms with E-state index in [0.717, 1.165) is 26.9 Å². The molecule has 0 saturated heterocycles. The summed E-state index contributed by atoms with van der Waals surface area (Å²) in [6.45, 7) is 4.37. The number of aryl methyl sites for hydroxylation is 2. The summed E-state index contributed by atoms with van der Waals surface area (Å²) in [7, 11) is 0. The van der Waals surface area contributed by atoms with E-state index in [1.165, 1.54) is 0 Å². The van der Waals surface area contributed by atoms with E-state index in [0.29, 0.717) is 6.61 Å². The average molecular weight is 335 g/mol. The van der Waals surface area contributed by atoms with Gasteiger partial charge in [-0.15, -0.1) is 0 Å². The average Bonchev–Trinajstić information content (AvgIpc) is 2.42. The highest BCUT2D eigenvalue weighted by atomic mass is 79.9. The van der Waals surface area contributed by atoms with Gasteiger partial charge in [-0.05, 0) is 54.8 Å². The molecule has 0 heterocycles. The van der Waals surface area contributed by atoms with Crippen LogP contribution in [0.2, 0.25) is 0 Å². The smallest absolute Gasteiger partial charge is 0.335 e. The molecule has 4 heteroatoms. The Morgan fingerprint density at radius 3 is 2.45 bits per heavy atom. The summed E-state index contributed by atoms with van der Waals surface area (Å²) >= 11 is 3.51. The molecule has 0 fully saturated rings. The van der Waals surface area contributed by atoms with Crippen molar-refractivity contribution in [2.24, 2.45) is 0 Å². The van der Waals surface area contributed by atoms with Crippen molar-refractivity contribution >= 4 is 21.9 Å². The van der Waals surface area contributed by atoms with E-state index in [1.54, 1.807) is 18.2 Å². The van der Waals surface area contributed by atoms with Gasteiger partial charge in [-0.1, -0.05) is 28.1 Å². The fourth-order valence-electron chi connectivity index (χ4n) is 1.95. The van der Waals surface area contributed by atoms with Gasteiger partial charge in [0.1, 0.15) is 12.4 Å². The third-order valence-corrected chi connectivity index (χ3v) is 4.24. The van der Waals surface area contributed by atoms with Crippen LogP contribution in [0.4, 0.5) is 0 Å². The summed E-state index contributed by atoms with van der Waals surface area (Å²) in [5.74, 6) is -0.147. The second-order valence-corrected chi connectivity index (χ2v) is 5.46. The molecule has 2 aromatic carbocycles. The number of aromatic carboxylic acids is 1. The molecule has 0 saturated carbocycles. The van der Waals surface area contributed by atoms with Gasteiger partial charge in [-0.2, -0.15) is 0 Å². The molecule has 0 radical (unpaired) electrons. The lowest BCUT2D eigenvalue weighted by Gasteiger charge is -2.10. The molecule has 2 rings (SSSR count). The molecule has 0 amide bonds. The standard InChI is InChI=1S/C16H15BrO3/c1-10-6-14(7-11(2)15(10)17)20-9-12-4-3-5-13(8-12)16(18)19/h3-8H,9H2,1-2H3,(H,18,19). The van der Waals surface area contributed by atoms with Crippen molar-refractivity contribution in [3.63, 3.8) is 0 Å². The van der Waals surface area contributed by atoms with Gasteiger partial charge in [0.25, 0.3) is 0 Å². The summed E-state index contributed by atoms with van der Waals surface area (Å²) in [5.41, 5.74) is 3.33. The van der Waals surface area contributed by atoms with Crippen molar-refractivity contribution in [2.75, 3.05) is 0 Å². The van der Waals surface area contributed by atoms with Gasteiger partial charge in [-0.3, -0.25) is 0 Å². The van der Waals surface area contributed by atoms with Crippen molar-refractivity contribution < 1.29 is 14.6 Å². The number of hydrogen-bond donors (Lipinski definition) is 1. The molecule has 0 spiro atoms. The van der Waals surface area contributed by atoms with E-state index < -0.39 is 5.97 Å². The summed E-state index contributed by atoms with van der Waals surface area (Å²) in [4.78, 5) is 10.9. The predicted octanol–water partition coefficient (Wildman–Crippen LogP) is 4.34. The highest BCUT2D eigenvalue weighted by Crippen LogP contribution is 2.26. The Labute approximate surface area is 126 Å². The van der Waals surface area contributed by atoms with Crippen molar-refractivity contribution in [1.82, 2.24) is 0 Å². The fraction of sp³-hybridized carbons (Fsp3) is 0.188. The van der Waals surface area contributed by atoms with Crippen LogP contribution in [0, 0.1) is 13.8 Å². The number of carboxylic acids is 1. The van der Waals surface area contributed by atoms with Crippen LogP contribution in [0.1, 0.15) is 27.0 Å². The van der Waals surface area contributed by atoms with E-state index >= 15 is 0 Å². The molecule has 0 aliphatic heterocycles. The van der Waals surface area contributed by atoms with Crippen LogP contribution in [0.25, 0.3) is 0 Å². The van der Waals surface area contributed by atoms with Gasteiger partial charge in [0.2, 0.25) is 0 Å². The van der Waals surface area contributed by atoms with Crippen molar-refractivity contribution in [2.45, 2.75) is 20.5 Å². The Morgan fingerprint density at radius 2 is 1.85 bits per heavy atom. The molecule has 0 aliphatic carbocycles. The first-order valence-electron chi connectivity index (χ1n) is 6.19. The molecule has 0 aromatic heterocycles. The van der Waals surface area contributed by atoms with Crippen LogP contribution in [0.15, 0.2) is 40.9 Å². The van der Waals surface area contributed by atoms with E-state index in [9.17, 15) is 4.79 Å². The SMILES string of the molecule is Cc1cc(OCc2cccc(C(=O)O)c2)cc(C)c1Br. The maximum absolute atomic E-state index is 10.9. The van der Waals surface area contributed by atoms with Crippen LogP contribution in [0.3, 0.4) is 0 Å². The topological polar surface area (TPSA) is 46.5 Å². The summed E-state index contributed by atoms with van der Waals surface area (Å²) in [6, 6.07) is 10.7. The minimum absolute atomic E-state index is 0.272. The maximum Gasteiger partial charge on any atom is 0.335 e. The second-order valence-electron chi connectivity index (χ2n) is 4.67. The number of carbonyl (C=O) groups is 1. The Bertz CT molecular complexity index is 627. The second kappa shape index (κ2) is 6.09. The largest absolute Gasteiger partial charge is 0.489 e. The lowest BCUT2D eigenvalue weighted by atomic mass is 10.1. The van der Waals surface area contributed by atoms with E-state index in [-0.39, 0.29) is 5.56 Å². The maximum atomic E-state index is 10.9. The molecule has 2 aromatic rings. The number of carboxylic acid groups (broad SMARTS) is 1. The Morgan fingerprint density at radius 1 is 1.20 bits per heavy atom. The lowest BCUT2D eigenvalue weighted by molar-refractivity contribution is 0.0696. The zero-order valence-electron chi connectivity index (χ0n) is 11.3. The molecule has 104 valence electrons. The van der Waals surface area contributed by atoms with Crippen LogP contribution in [-0.2, 0) is 6.61 Å². The zero-order chi connectivity index (χ0) is 14.7. The molecular formula is C16H15BrO3. The van der Waals surface area contributed by atoms with E-state index in [1.807, 2.05) is 32.0 Å². The van der Waals surface area contributed by atoms with Gasteiger partial charge >= 0.3 is 5.97 Å². The first kappa shape index (κ1) is 14.6. The monoisotopic (exact) mass is 334 g/mol. The fourth-order valence-corrected chi connectivity index (χ4v) is 2.18. The van der Waals surface area contributed by atoms with Crippen molar-refractivity contribution in [3.05, 3.63) is 63.1 Å². The Hall–Kier alpha value is -1.81. The van der Waals surface area contributed by atoms with E-state index in [2.05, 4.69) is 15.9 Å². The molecule has 0 aliphatic rings. The minimum atomic E-state index is -0.929. The zero-order valence-corrected chi connectivity index (χ0v) is 12.9. The molecule has 3 nitrogen and oxygen atoms in total. The van der Waals surface area contributed by atoms with Gasteiger partial charge < -0.3 is 9.84 Å². The normalized spacial score (nSPS) is 10.3. The van der Waals surface area contributed by atoms with Gasteiger partial charge in [0.15, 0.2) is 0 Å². The highest BCUT2D eigenvalue weighted by molar-refractivity contribution is 9.10. The molecule has 0 bridgehead atoms. The third kappa shape index (κ3) is 3.39. The van der Waals surface area contributed by atoms with Gasteiger partial charge in [0.05, 0.1) is 5.56 Å². The summed E-state index contributed by atoms with van der Waals surface area (Å²) < 4.78 is 6.81. The van der Waals surface area contributed by atoms with E-state index in [4.69, 9.17) is 9.84 Å². The summed E-state index contributed by atoms with van der Waals surface area (Å²) in [5, 5.41) is 8.95. The third-order valence-electron chi connectivity index (χ3n) is 2.99. The predicted molar refractivity (Wildman–Crippen MR) is 81.3 cm³/mol. The molecule has 0 atom stereocenters. The number of rotatable bonds is 4. The quantitative estimate of drug-likeness (QED) is 0.904. The summed E-state index contributed by atoms with van der Waals surface area (Å²) in [6.07, 6.45) is 0. The lowest BCUT2D eigenvalue weighted by Crippen LogP contribution is -2.00. The molecule has 1 N–H and O–H groups in total. The van der Waals surface area contributed by atoms with Crippen LogP contribution >= 0.6 is 15.9 Å². The first-order valence-corrected chi connectivity index (χ1v) is 6.98. The van der Waals surface area contributed by atoms with Gasteiger partial charge in [0, 0.05) is 4.47 Å². The minimum Gasteiger partial charge on any atom is -0.489 e. The van der Waals surface area contributed by atoms with Gasteiger partial charge in [-0.25, -0.2) is 4.79 Å². The number of halogens is 1. The molecule has 20 heavy (non-hydrogen) atoms.